The van der Waals surface area contributed by atoms with Crippen molar-refractivity contribution in [2.75, 3.05) is 5.32 Å². The smallest absolute Gasteiger partial charge is 0.291 e. The van der Waals surface area contributed by atoms with Gasteiger partial charge in [-0.2, -0.15) is 5.10 Å². The third-order valence-electron chi connectivity index (χ3n) is 4.31. The van der Waals surface area contributed by atoms with E-state index in [1.807, 2.05) is 32.9 Å². The highest BCUT2D eigenvalue weighted by molar-refractivity contribution is 7.80. The highest BCUT2D eigenvalue weighted by atomic mass is 32.1. The number of rotatable bonds is 3. The first-order valence-corrected chi connectivity index (χ1v) is 8.90. The van der Waals surface area contributed by atoms with Gasteiger partial charge in [0.25, 0.3) is 5.91 Å². The van der Waals surface area contributed by atoms with E-state index >= 15 is 0 Å². The van der Waals surface area contributed by atoms with Gasteiger partial charge in [0.15, 0.2) is 10.9 Å². The van der Waals surface area contributed by atoms with E-state index in [4.69, 9.17) is 22.4 Å². The van der Waals surface area contributed by atoms with Crippen LogP contribution in [0.2, 0.25) is 0 Å². The third kappa shape index (κ3) is 3.77. The lowest BCUT2D eigenvalue weighted by Crippen LogP contribution is -2.26. The number of hydrazone groups is 1. The number of nitrogens with zero attached hydrogens (tertiary/aromatic N) is 1. The molecule has 1 heterocycles. The number of nitrogens with two attached hydrogens (primary N) is 1. The molecule has 3 rings (SSSR count). The predicted molar refractivity (Wildman–Crippen MR) is 107 cm³/mol. The first-order chi connectivity index (χ1) is 12.3. The van der Waals surface area contributed by atoms with E-state index in [0.29, 0.717) is 5.76 Å². The SMILES string of the molecule is Cc1cc(C)cc(NC(=O)c2oc3c(c2C)/C(=N/NC(N)=S)CCC3)c1. The van der Waals surface area contributed by atoms with Crippen LogP contribution in [0.25, 0.3) is 0 Å². The minimum absolute atomic E-state index is 0.110. The molecule has 1 aliphatic carbocycles. The number of fused-ring (bicyclic) bond motifs is 1. The number of nitrogens with one attached hydrogen (secondary N) is 2. The average molecular weight is 370 g/mol. The number of carbonyl (C=O) groups excluding carboxylic acids is 1. The Morgan fingerprint density at radius 1 is 1.19 bits per heavy atom. The van der Waals surface area contributed by atoms with Crippen LogP contribution in [0.3, 0.4) is 0 Å². The molecule has 0 fully saturated rings. The number of benzene rings is 1. The summed E-state index contributed by atoms with van der Waals surface area (Å²) < 4.78 is 5.88. The minimum atomic E-state index is -0.261. The van der Waals surface area contributed by atoms with Crippen molar-refractivity contribution in [3.05, 3.63) is 52.0 Å². The van der Waals surface area contributed by atoms with Crippen molar-refractivity contribution >= 4 is 34.6 Å². The monoisotopic (exact) mass is 370 g/mol. The lowest BCUT2D eigenvalue weighted by atomic mass is 9.93. The van der Waals surface area contributed by atoms with E-state index in [9.17, 15) is 4.79 Å². The van der Waals surface area contributed by atoms with Gasteiger partial charge in [-0.1, -0.05) is 6.07 Å². The minimum Gasteiger partial charge on any atom is -0.455 e. The number of hydrogen-bond donors (Lipinski definition) is 3. The maximum absolute atomic E-state index is 12.7. The molecule has 1 aromatic carbocycles. The highest BCUT2D eigenvalue weighted by Crippen LogP contribution is 2.30. The Morgan fingerprint density at radius 2 is 1.88 bits per heavy atom. The first kappa shape index (κ1) is 18.1. The van der Waals surface area contributed by atoms with Gasteiger partial charge in [0.2, 0.25) is 0 Å². The van der Waals surface area contributed by atoms with E-state index in [-0.39, 0.29) is 11.0 Å². The van der Waals surface area contributed by atoms with E-state index in [2.05, 4.69) is 21.9 Å². The zero-order valence-electron chi connectivity index (χ0n) is 15.1. The molecule has 136 valence electrons. The summed E-state index contributed by atoms with van der Waals surface area (Å²) in [5.41, 5.74) is 13.5. The Morgan fingerprint density at radius 3 is 2.54 bits per heavy atom. The summed E-state index contributed by atoms with van der Waals surface area (Å²) in [6, 6.07) is 5.92. The fourth-order valence-corrected chi connectivity index (χ4v) is 3.40. The second-order valence-electron chi connectivity index (χ2n) is 6.57. The Bertz CT molecular complexity index is 894. The van der Waals surface area contributed by atoms with Crippen molar-refractivity contribution in [2.45, 2.75) is 40.0 Å². The molecule has 26 heavy (non-hydrogen) atoms. The number of hydrogen-bond acceptors (Lipinski definition) is 4. The Balaban J connectivity index is 1.91. The molecule has 0 unspecified atom stereocenters. The van der Waals surface area contributed by atoms with Crippen LogP contribution >= 0.6 is 12.2 Å². The molecule has 6 nitrogen and oxygen atoms in total. The predicted octanol–water partition coefficient (Wildman–Crippen LogP) is 3.33. The van der Waals surface area contributed by atoms with Gasteiger partial charge in [-0.25, -0.2) is 0 Å². The third-order valence-corrected chi connectivity index (χ3v) is 4.40. The summed E-state index contributed by atoms with van der Waals surface area (Å²) in [6.45, 7) is 5.87. The van der Waals surface area contributed by atoms with Crippen LogP contribution in [-0.2, 0) is 6.42 Å². The van der Waals surface area contributed by atoms with Crippen LogP contribution < -0.4 is 16.5 Å². The summed E-state index contributed by atoms with van der Waals surface area (Å²) in [6.07, 6.45) is 2.45. The van der Waals surface area contributed by atoms with Gasteiger partial charge in [0.1, 0.15) is 5.76 Å². The molecule has 4 N–H and O–H groups in total. The topological polar surface area (TPSA) is 92.6 Å². The quantitative estimate of drug-likeness (QED) is 0.569. The zero-order chi connectivity index (χ0) is 18.8. The summed E-state index contributed by atoms with van der Waals surface area (Å²) >= 11 is 4.81. The van der Waals surface area contributed by atoms with Crippen LogP contribution in [0, 0.1) is 20.8 Å². The summed E-state index contributed by atoms with van der Waals surface area (Å²) in [7, 11) is 0. The molecule has 0 spiro atoms. The average Bonchev–Trinajstić information content (AvgIpc) is 2.89. The number of anilines is 1. The van der Waals surface area contributed by atoms with Crippen LogP contribution in [0.1, 0.15) is 51.4 Å². The van der Waals surface area contributed by atoms with Gasteiger partial charge in [0.05, 0.1) is 5.71 Å². The summed E-state index contributed by atoms with van der Waals surface area (Å²) in [4.78, 5) is 12.7. The van der Waals surface area contributed by atoms with Crippen molar-refractivity contribution in [1.82, 2.24) is 5.43 Å². The van der Waals surface area contributed by atoms with E-state index in [1.165, 1.54) is 0 Å². The van der Waals surface area contributed by atoms with Gasteiger partial charge < -0.3 is 15.5 Å². The molecular formula is C19H22N4O2S. The van der Waals surface area contributed by atoms with E-state index in [0.717, 1.165) is 58.7 Å². The second kappa shape index (κ2) is 7.29. The Labute approximate surface area is 157 Å². The maximum Gasteiger partial charge on any atom is 0.291 e. The van der Waals surface area contributed by atoms with Crippen molar-refractivity contribution < 1.29 is 9.21 Å². The van der Waals surface area contributed by atoms with Crippen molar-refractivity contribution in [1.29, 1.82) is 0 Å². The Hall–Kier alpha value is -2.67. The van der Waals surface area contributed by atoms with Crippen LogP contribution in [0.5, 0.6) is 0 Å². The molecule has 0 saturated carbocycles. The van der Waals surface area contributed by atoms with Crippen LogP contribution in [0.4, 0.5) is 5.69 Å². The van der Waals surface area contributed by atoms with E-state index < -0.39 is 0 Å². The molecule has 0 aliphatic heterocycles. The second-order valence-corrected chi connectivity index (χ2v) is 7.01. The summed E-state index contributed by atoms with van der Waals surface area (Å²) in [5, 5.41) is 7.31. The van der Waals surface area contributed by atoms with E-state index in [1.54, 1.807) is 0 Å². The normalized spacial score (nSPS) is 14.8. The van der Waals surface area contributed by atoms with Gasteiger partial charge in [-0.15, -0.1) is 0 Å². The van der Waals surface area contributed by atoms with Crippen LogP contribution in [0.15, 0.2) is 27.7 Å². The van der Waals surface area contributed by atoms with Crippen molar-refractivity contribution in [3.8, 4) is 0 Å². The van der Waals surface area contributed by atoms with Gasteiger partial charge >= 0.3 is 0 Å². The molecular weight excluding hydrogens is 348 g/mol. The molecule has 1 aromatic heterocycles. The highest BCUT2D eigenvalue weighted by Gasteiger charge is 2.28. The lowest BCUT2D eigenvalue weighted by molar-refractivity contribution is 0.0994. The number of aryl methyl sites for hydroxylation is 3. The standard InChI is InChI=1S/C19H22N4O2S/c1-10-7-11(2)9-13(8-10)21-18(24)17-12(3)16-14(22-23-19(20)26)5-4-6-15(16)25-17/h7-9H,4-6H2,1-3H3,(H,21,24)(H3,20,23,26)/b22-14+. The lowest BCUT2D eigenvalue weighted by Gasteiger charge is -2.13. The number of amides is 1. The zero-order valence-corrected chi connectivity index (χ0v) is 15.9. The maximum atomic E-state index is 12.7. The molecule has 1 aliphatic rings. The molecule has 1 amide bonds. The Kier molecular flexibility index (Phi) is 5.08. The van der Waals surface area contributed by atoms with Gasteiger partial charge in [0, 0.05) is 23.2 Å². The molecule has 7 heteroatoms. The van der Waals surface area contributed by atoms with Gasteiger partial charge in [-0.05, 0) is 69.1 Å². The van der Waals surface area contributed by atoms with Crippen LogP contribution in [-0.4, -0.2) is 16.7 Å². The van der Waals surface area contributed by atoms with Gasteiger partial charge in [-0.3, -0.25) is 10.2 Å². The molecule has 0 saturated heterocycles. The molecule has 0 bridgehead atoms. The molecule has 2 aromatic rings. The van der Waals surface area contributed by atoms with Crippen molar-refractivity contribution in [2.24, 2.45) is 10.8 Å². The molecule has 0 atom stereocenters. The molecule has 0 radical (unpaired) electrons. The first-order valence-electron chi connectivity index (χ1n) is 8.49. The fraction of sp³-hybridized carbons (Fsp3) is 0.316. The summed E-state index contributed by atoms with van der Waals surface area (Å²) in [5.74, 6) is 0.838. The van der Waals surface area contributed by atoms with Crippen molar-refractivity contribution in [3.63, 3.8) is 0 Å². The number of thiocarbonyl (C=S) groups is 1. The largest absolute Gasteiger partial charge is 0.455 e. The number of furan rings is 1. The number of carbonyl (C=O) groups is 1. The fourth-order valence-electron chi connectivity index (χ4n) is 3.35.